The molecule has 0 unspecified atom stereocenters. The molecule has 0 bridgehead atoms. The molecule has 1 N–H and O–H groups in total. The molecule has 2 aliphatic heterocycles. The van der Waals surface area contributed by atoms with E-state index in [1.807, 2.05) is 6.07 Å². The van der Waals surface area contributed by atoms with E-state index in [2.05, 4.69) is 38.4 Å². The molecule has 172 valence electrons. The van der Waals surface area contributed by atoms with Crippen LogP contribution in [0, 0.1) is 11.3 Å². The van der Waals surface area contributed by atoms with Crippen LogP contribution in [0.3, 0.4) is 0 Å². The molecule has 10 heteroatoms. The van der Waals surface area contributed by atoms with Gasteiger partial charge in [-0.25, -0.2) is 9.97 Å². The summed E-state index contributed by atoms with van der Waals surface area (Å²) in [4.78, 5) is 25.9. The van der Waals surface area contributed by atoms with Crippen LogP contribution in [0.5, 0.6) is 0 Å². The average molecular weight is 511 g/mol. The van der Waals surface area contributed by atoms with Gasteiger partial charge in [-0.3, -0.25) is 14.6 Å². The summed E-state index contributed by atoms with van der Waals surface area (Å²) in [5.74, 6) is 0.562. The van der Waals surface area contributed by atoms with E-state index >= 15 is 0 Å². The Balaban J connectivity index is 1.32. The topological polar surface area (TPSA) is 85.2 Å². The number of rotatable bonds is 5. The molecule has 1 amide bonds. The van der Waals surface area contributed by atoms with Crippen molar-refractivity contribution in [2.75, 3.05) is 29.2 Å². The van der Waals surface area contributed by atoms with Gasteiger partial charge in [0.1, 0.15) is 5.03 Å². The van der Waals surface area contributed by atoms with E-state index in [1.165, 1.54) is 22.9 Å². The molecule has 1 aromatic heterocycles. The Bertz CT molecular complexity index is 1290. The van der Waals surface area contributed by atoms with Gasteiger partial charge in [-0.15, -0.1) is 0 Å². The second-order valence-corrected chi connectivity index (χ2v) is 9.78. The number of nitrogens with one attached hydrogen (secondary N) is 1. The van der Waals surface area contributed by atoms with E-state index in [9.17, 15) is 4.79 Å². The molecule has 0 radical (unpaired) electrons. The standard InChI is InChI=1S/C24H20Cl2N6OS/c25-19-3-1-4-20(26)21(19)32-14-34-22-18(23(32)33)12-28-24(30-22)29-17-6-5-16-13-31(9-2-8-27)10-7-15(16)11-17/h1,3-6,11-12H,2,7,9-10,13-14H2,(H,28,29,30). The van der Waals surface area contributed by atoms with Crippen LogP contribution in [0.2, 0.25) is 10.0 Å². The molecule has 0 saturated heterocycles. The highest BCUT2D eigenvalue weighted by atomic mass is 35.5. The number of hydrogen-bond donors (Lipinski definition) is 1. The highest BCUT2D eigenvalue weighted by Crippen LogP contribution is 2.39. The number of halogens is 2. The zero-order valence-corrected chi connectivity index (χ0v) is 20.4. The van der Waals surface area contributed by atoms with Crippen LogP contribution >= 0.6 is 35.0 Å². The monoisotopic (exact) mass is 510 g/mol. The Hall–Kier alpha value is -2.83. The van der Waals surface area contributed by atoms with Crippen LogP contribution in [-0.4, -0.2) is 39.7 Å². The minimum absolute atomic E-state index is 0.231. The van der Waals surface area contributed by atoms with Gasteiger partial charge in [-0.2, -0.15) is 5.26 Å². The third kappa shape index (κ3) is 4.57. The van der Waals surface area contributed by atoms with Crippen LogP contribution in [0.25, 0.3) is 0 Å². The average Bonchev–Trinajstić information content (AvgIpc) is 2.84. The number of benzene rings is 2. The van der Waals surface area contributed by atoms with Crippen molar-refractivity contribution in [3.8, 4) is 6.07 Å². The van der Waals surface area contributed by atoms with Gasteiger partial charge in [0.15, 0.2) is 0 Å². The van der Waals surface area contributed by atoms with Gasteiger partial charge in [-0.1, -0.05) is 47.1 Å². The normalized spacial score (nSPS) is 15.4. The lowest BCUT2D eigenvalue weighted by molar-refractivity contribution is 0.0985. The van der Waals surface area contributed by atoms with E-state index in [-0.39, 0.29) is 5.91 Å². The first-order valence-electron chi connectivity index (χ1n) is 10.8. The number of amides is 1. The number of aromatic nitrogens is 2. The predicted molar refractivity (Wildman–Crippen MR) is 135 cm³/mol. The van der Waals surface area contributed by atoms with Gasteiger partial charge in [0, 0.05) is 37.9 Å². The lowest BCUT2D eigenvalue weighted by Crippen LogP contribution is -2.35. The quantitative estimate of drug-likeness (QED) is 0.452. The summed E-state index contributed by atoms with van der Waals surface area (Å²) >= 11 is 14.0. The molecule has 2 aliphatic rings. The number of anilines is 3. The molecule has 0 fully saturated rings. The van der Waals surface area contributed by atoms with Gasteiger partial charge in [0.25, 0.3) is 5.91 Å². The smallest absolute Gasteiger partial charge is 0.263 e. The second kappa shape index (κ2) is 9.80. The van der Waals surface area contributed by atoms with Crippen LogP contribution < -0.4 is 10.2 Å². The molecule has 0 aliphatic carbocycles. The van der Waals surface area contributed by atoms with E-state index in [4.69, 9.17) is 28.5 Å². The second-order valence-electron chi connectivity index (χ2n) is 8.03. The van der Waals surface area contributed by atoms with E-state index in [0.717, 1.165) is 31.7 Å². The first-order chi connectivity index (χ1) is 16.5. The van der Waals surface area contributed by atoms with Crippen molar-refractivity contribution in [2.24, 2.45) is 0 Å². The summed E-state index contributed by atoms with van der Waals surface area (Å²) < 4.78 is 0. The predicted octanol–water partition coefficient (Wildman–Crippen LogP) is 5.51. The van der Waals surface area contributed by atoms with Gasteiger partial charge in [0.05, 0.1) is 33.2 Å². The highest BCUT2D eigenvalue weighted by Gasteiger charge is 2.30. The van der Waals surface area contributed by atoms with Crippen molar-refractivity contribution >= 4 is 58.2 Å². The fourth-order valence-electron chi connectivity index (χ4n) is 4.14. The summed E-state index contributed by atoms with van der Waals surface area (Å²) in [7, 11) is 0. The first kappa shape index (κ1) is 22.9. The zero-order chi connectivity index (χ0) is 23.7. The Morgan fingerprint density at radius 1 is 1.18 bits per heavy atom. The third-order valence-electron chi connectivity index (χ3n) is 5.86. The van der Waals surface area contributed by atoms with Crippen molar-refractivity contribution in [1.29, 1.82) is 5.26 Å². The minimum atomic E-state index is -0.231. The molecule has 0 spiro atoms. The molecule has 2 aromatic carbocycles. The zero-order valence-electron chi connectivity index (χ0n) is 18.1. The van der Waals surface area contributed by atoms with Crippen LogP contribution in [-0.2, 0) is 13.0 Å². The van der Waals surface area contributed by atoms with Gasteiger partial charge in [0.2, 0.25) is 5.95 Å². The fourth-order valence-corrected chi connectivity index (χ4v) is 5.69. The molecular formula is C24H20Cl2N6OS. The SMILES string of the molecule is N#CCCN1CCc2cc(Nc3ncc4c(n3)SCN(c3c(Cl)cccc3Cl)C4=O)ccc2C1. The van der Waals surface area contributed by atoms with Crippen molar-refractivity contribution in [3.05, 3.63) is 69.3 Å². The van der Waals surface area contributed by atoms with E-state index in [1.54, 1.807) is 29.3 Å². The maximum Gasteiger partial charge on any atom is 0.263 e. The third-order valence-corrected chi connectivity index (χ3v) is 7.44. The maximum absolute atomic E-state index is 13.1. The summed E-state index contributed by atoms with van der Waals surface area (Å²) in [6.45, 7) is 2.60. The van der Waals surface area contributed by atoms with E-state index in [0.29, 0.717) is 44.6 Å². The molecule has 3 aromatic rings. The molecule has 5 rings (SSSR count). The van der Waals surface area contributed by atoms with Crippen molar-refractivity contribution in [1.82, 2.24) is 14.9 Å². The van der Waals surface area contributed by atoms with Crippen LogP contribution in [0.4, 0.5) is 17.3 Å². The summed E-state index contributed by atoms with van der Waals surface area (Å²) in [6.07, 6.45) is 3.03. The summed E-state index contributed by atoms with van der Waals surface area (Å²) in [5.41, 5.74) is 4.38. The number of nitrogens with zero attached hydrogens (tertiary/aromatic N) is 5. The fraction of sp³-hybridized carbons (Fsp3) is 0.250. The number of nitriles is 1. The molecular weight excluding hydrogens is 491 g/mol. The number of carbonyl (C=O) groups excluding carboxylic acids is 1. The first-order valence-corrected chi connectivity index (χ1v) is 12.5. The van der Waals surface area contributed by atoms with Gasteiger partial charge >= 0.3 is 0 Å². The van der Waals surface area contributed by atoms with Crippen molar-refractivity contribution < 1.29 is 4.79 Å². The van der Waals surface area contributed by atoms with Gasteiger partial charge < -0.3 is 5.32 Å². The maximum atomic E-state index is 13.1. The van der Waals surface area contributed by atoms with Gasteiger partial charge in [-0.05, 0) is 41.8 Å². The summed E-state index contributed by atoms with van der Waals surface area (Å²) in [6, 6.07) is 13.6. The molecule has 0 saturated carbocycles. The van der Waals surface area contributed by atoms with Crippen molar-refractivity contribution in [3.63, 3.8) is 0 Å². The lowest BCUT2D eigenvalue weighted by atomic mass is 9.99. The highest BCUT2D eigenvalue weighted by molar-refractivity contribution is 7.99. The Kier molecular flexibility index (Phi) is 6.61. The largest absolute Gasteiger partial charge is 0.324 e. The molecule has 0 atom stereocenters. The van der Waals surface area contributed by atoms with E-state index < -0.39 is 0 Å². The summed E-state index contributed by atoms with van der Waals surface area (Å²) in [5, 5.41) is 13.5. The number of fused-ring (bicyclic) bond motifs is 2. The van der Waals surface area contributed by atoms with Crippen LogP contribution in [0.1, 0.15) is 27.9 Å². The molecule has 34 heavy (non-hydrogen) atoms. The lowest BCUT2D eigenvalue weighted by Gasteiger charge is -2.29. The number of carbonyl (C=O) groups is 1. The molecule has 7 nitrogen and oxygen atoms in total. The van der Waals surface area contributed by atoms with Crippen molar-refractivity contribution in [2.45, 2.75) is 24.4 Å². The minimum Gasteiger partial charge on any atom is -0.324 e. The van der Waals surface area contributed by atoms with Crippen LogP contribution in [0.15, 0.2) is 47.6 Å². The molecule has 3 heterocycles. The number of thioether (sulfide) groups is 1. The number of hydrogen-bond acceptors (Lipinski definition) is 7. The Morgan fingerprint density at radius 3 is 2.79 bits per heavy atom. The Morgan fingerprint density at radius 2 is 2.00 bits per heavy atom. The Labute approximate surface area is 211 Å². The number of para-hydroxylation sites is 1.